The summed E-state index contributed by atoms with van der Waals surface area (Å²) in [6.45, 7) is 0.580. The van der Waals surface area contributed by atoms with Gasteiger partial charge in [-0.1, -0.05) is 0 Å². The van der Waals surface area contributed by atoms with Crippen LogP contribution in [0.15, 0.2) is 12.3 Å². The second kappa shape index (κ2) is 3.79. The predicted octanol–water partition coefficient (Wildman–Crippen LogP) is 1.01. The molecule has 4 nitrogen and oxygen atoms in total. The maximum absolute atomic E-state index is 5.49. The number of aromatic nitrogens is 3. The van der Waals surface area contributed by atoms with Crippen molar-refractivity contribution in [2.45, 2.75) is 25.7 Å². The molecule has 0 radical (unpaired) electrons. The van der Waals surface area contributed by atoms with Gasteiger partial charge in [0.15, 0.2) is 5.65 Å². The molecule has 2 aromatic heterocycles. The minimum Gasteiger partial charge on any atom is -0.330 e. The van der Waals surface area contributed by atoms with Gasteiger partial charge < -0.3 is 5.73 Å². The first-order valence-corrected chi connectivity index (χ1v) is 5.71. The average Bonchev–Trinajstić information content (AvgIpc) is 2.73. The normalized spacial score (nSPS) is 14.3. The van der Waals surface area contributed by atoms with E-state index in [2.05, 4.69) is 21.0 Å². The Morgan fingerprint density at radius 2 is 2.19 bits per heavy atom. The van der Waals surface area contributed by atoms with Gasteiger partial charge in [0.25, 0.3) is 0 Å². The summed E-state index contributed by atoms with van der Waals surface area (Å²) >= 11 is 0. The van der Waals surface area contributed by atoms with Crippen molar-refractivity contribution in [2.75, 3.05) is 6.54 Å². The highest BCUT2D eigenvalue weighted by molar-refractivity contribution is 5.75. The van der Waals surface area contributed by atoms with Crippen molar-refractivity contribution in [1.82, 2.24) is 15.0 Å². The molecule has 0 aromatic carbocycles. The average molecular weight is 214 g/mol. The van der Waals surface area contributed by atoms with Crippen LogP contribution >= 0.6 is 0 Å². The van der Waals surface area contributed by atoms with Gasteiger partial charge in [-0.15, -0.1) is 0 Å². The highest BCUT2D eigenvalue weighted by atomic mass is 14.9. The molecular weight excluding hydrogens is 200 g/mol. The molecule has 0 amide bonds. The topological polar surface area (TPSA) is 64.7 Å². The van der Waals surface area contributed by atoms with E-state index in [4.69, 9.17) is 5.73 Å². The molecule has 4 heteroatoms. The third-order valence-corrected chi connectivity index (χ3v) is 3.01. The minimum absolute atomic E-state index is 0.580. The Morgan fingerprint density at radius 3 is 3.06 bits per heavy atom. The summed E-state index contributed by atoms with van der Waals surface area (Å²) < 4.78 is 0. The van der Waals surface area contributed by atoms with Gasteiger partial charge in [-0.2, -0.15) is 0 Å². The number of nitrogens with two attached hydrogens (primary N) is 1. The highest BCUT2D eigenvalue weighted by Crippen LogP contribution is 2.23. The molecule has 0 unspecified atom stereocenters. The summed E-state index contributed by atoms with van der Waals surface area (Å²) in [6, 6.07) is 2.18. The minimum atomic E-state index is 0.580. The zero-order valence-electron chi connectivity index (χ0n) is 9.11. The van der Waals surface area contributed by atoms with Crippen LogP contribution in [0.3, 0.4) is 0 Å². The largest absolute Gasteiger partial charge is 0.330 e. The molecule has 0 bridgehead atoms. The number of hydrogen-bond donors (Lipinski definition) is 1. The Bertz CT molecular complexity index is 536. The van der Waals surface area contributed by atoms with Gasteiger partial charge in [0, 0.05) is 23.7 Å². The molecule has 0 atom stereocenters. The maximum atomic E-state index is 5.49. The Labute approximate surface area is 93.9 Å². The van der Waals surface area contributed by atoms with Crippen molar-refractivity contribution in [1.29, 1.82) is 0 Å². The quantitative estimate of drug-likeness (QED) is 0.810. The van der Waals surface area contributed by atoms with Crippen molar-refractivity contribution >= 4 is 11.0 Å². The summed E-state index contributed by atoms with van der Waals surface area (Å²) in [5.74, 6) is 0.792. The first kappa shape index (κ1) is 9.66. The molecule has 1 aliphatic carbocycles. The lowest BCUT2D eigenvalue weighted by Crippen LogP contribution is -2.07. The van der Waals surface area contributed by atoms with Crippen LogP contribution in [0.5, 0.6) is 0 Å². The number of pyridine rings is 1. The van der Waals surface area contributed by atoms with E-state index >= 15 is 0 Å². The van der Waals surface area contributed by atoms with Crippen LogP contribution < -0.4 is 5.73 Å². The third-order valence-electron chi connectivity index (χ3n) is 3.01. The summed E-state index contributed by atoms with van der Waals surface area (Å²) in [7, 11) is 0. The number of nitrogens with zero attached hydrogens (tertiary/aromatic N) is 3. The SMILES string of the molecule is NCCc1ncc2cc3c(nc2n1)CCC3. The van der Waals surface area contributed by atoms with E-state index in [9.17, 15) is 0 Å². The van der Waals surface area contributed by atoms with Gasteiger partial charge in [-0.25, -0.2) is 15.0 Å². The monoisotopic (exact) mass is 214 g/mol. The summed E-state index contributed by atoms with van der Waals surface area (Å²) in [4.78, 5) is 13.3. The second-order valence-corrected chi connectivity index (χ2v) is 4.19. The number of hydrogen-bond acceptors (Lipinski definition) is 4. The van der Waals surface area contributed by atoms with Crippen LogP contribution in [0, 0.1) is 0 Å². The fourth-order valence-electron chi connectivity index (χ4n) is 2.21. The second-order valence-electron chi connectivity index (χ2n) is 4.19. The molecule has 0 spiro atoms. The summed E-state index contributed by atoms with van der Waals surface area (Å²) in [6.07, 6.45) is 6.01. The molecule has 0 fully saturated rings. The lowest BCUT2D eigenvalue weighted by Gasteiger charge is -2.03. The van der Waals surface area contributed by atoms with Gasteiger partial charge >= 0.3 is 0 Å². The van der Waals surface area contributed by atoms with Crippen LogP contribution in [0.4, 0.5) is 0 Å². The summed E-state index contributed by atoms with van der Waals surface area (Å²) in [5.41, 5.74) is 8.89. The molecule has 3 rings (SSSR count). The maximum Gasteiger partial charge on any atom is 0.163 e. The van der Waals surface area contributed by atoms with Gasteiger partial charge in [-0.05, 0) is 37.4 Å². The molecule has 1 aliphatic rings. The third kappa shape index (κ3) is 1.55. The van der Waals surface area contributed by atoms with Gasteiger partial charge in [-0.3, -0.25) is 0 Å². The highest BCUT2D eigenvalue weighted by Gasteiger charge is 2.13. The van der Waals surface area contributed by atoms with Crippen molar-refractivity contribution in [3.8, 4) is 0 Å². The number of aryl methyl sites for hydroxylation is 2. The van der Waals surface area contributed by atoms with Crippen LogP contribution in [0.25, 0.3) is 11.0 Å². The van der Waals surface area contributed by atoms with E-state index in [1.807, 2.05) is 6.20 Å². The first-order valence-electron chi connectivity index (χ1n) is 5.71. The van der Waals surface area contributed by atoms with E-state index < -0.39 is 0 Å². The van der Waals surface area contributed by atoms with Crippen molar-refractivity contribution in [3.63, 3.8) is 0 Å². The lowest BCUT2D eigenvalue weighted by atomic mass is 10.2. The fraction of sp³-hybridized carbons (Fsp3) is 0.417. The Hall–Kier alpha value is -1.55. The zero-order chi connectivity index (χ0) is 11.0. The molecule has 16 heavy (non-hydrogen) atoms. The van der Waals surface area contributed by atoms with E-state index in [0.29, 0.717) is 13.0 Å². The van der Waals surface area contributed by atoms with Crippen LogP contribution in [-0.2, 0) is 19.3 Å². The van der Waals surface area contributed by atoms with E-state index in [1.165, 1.54) is 17.7 Å². The van der Waals surface area contributed by atoms with Gasteiger partial charge in [0.05, 0.1) is 0 Å². The Morgan fingerprint density at radius 1 is 1.25 bits per heavy atom. The Kier molecular flexibility index (Phi) is 2.29. The van der Waals surface area contributed by atoms with Crippen molar-refractivity contribution < 1.29 is 0 Å². The van der Waals surface area contributed by atoms with Gasteiger partial charge in [0.2, 0.25) is 0 Å². The fourth-order valence-corrected chi connectivity index (χ4v) is 2.21. The lowest BCUT2D eigenvalue weighted by molar-refractivity contribution is 0.872. The molecule has 2 heterocycles. The molecular formula is C12H14N4. The van der Waals surface area contributed by atoms with Crippen LogP contribution in [0.1, 0.15) is 23.5 Å². The standard InChI is InChI=1S/C12H14N4/c13-5-4-11-14-7-9-6-8-2-1-3-10(8)15-12(9)16-11/h6-7H,1-5,13H2. The van der Waals surface area contributed by atoms with Crippen LogP contribution in [0.2, 0.25) is 0 Å². The predicted molar refractivity (Wildman–Crippen MR) is 62.1 cm³/mol. The zero-order valence-corrected chi connectivity index (χ0v) is 9.11. The van der Waals surface area contributed by atoms with Crippen LogP contribution in [-0.4, -0.2) is 21.5 Å². The molecule has 82 valence electrons. The van der Waals surface area contributed by atoms with Gasteiger partial charge in [0.1, 0.15) is 5.82 Å². The molecule has 0 saturated heterocycles. The Balaban J connectivity index is 2.13. The first-order chi connectivity index (χ1) is 7.86. The van der Waals surface area contributed by atoms with E-state index in [1.54, 1.807) is 0 Å². The van der Waals surface area contributed by atoms with Crippen molar-refractivity contribution in [2.24, 2.45) is 5.73 Å². The molecule has 2 N–H and O–H groups in total. The molecule has 0 saturated carbocycles. The number of fused-ring (bicyclic) bond motifs is 2. The van der Waals surface area contributed by atoms with E-state index in [-0.39, 0.29) is 0 Å². The van der Waals surface area contributed by atoms with Crippen molar-refractivity contribution in [3.05, 3.63) is 29.3 Å². The molecule has 2 aromatic rings. The number of rotatable bonds is 2. The smallest absolute Gasteiger partial charge is 0.163 e. The molecule has 0 aliphatic heterocycles. The van der Waals surface area contributed by atoms with E-state index in [0.717, 1.165) is 29.7 Å². The summed E-state index contributed by atoms with van der Waals surface area (Å²) in [5, 5.41) is 1.04.